The van der Waals surface area contributed by atoms with Crippen molar-refractivity contribution in [1.29, 1.82) is 0 Å². The van der Waals surface area contributed by atoms with Gasteiger partial charge in [-0.2, -0.15) is 0 Å². The van der Waals surface area contributed by atoms with Crippen LogP contribution in [-0.4, -0.2) is 6.61 Å². The Hall–Kier alpha value is -0.0400. The van der Waals surface area contributed by atoms with Gasteiger partial charge in [0.25, 0.3) is 0 Å². The normalized spacial score (nSPS) is 10.0. The summed E-state index contributed by atoms with van der Waals surface area (Å²) >= 11 is 0. The van der Waals surface area contributed by atoms with Crippen LogP contribution in [0.1, 0.15) is 32.6 Å². The number of hydrogen-bond donors (Lipinski definition) is 0. The van der Waals surface area contributed by atoms with Crippen molar-refractivity contribution in [2.45, 2.75) is 32.6 Å². The summed E-state index contributed by atoms with van der Waals surface area (Å²) < 4.78 is 5.11. The molecule has 0 aromatic rings. The molecule has 53 valence electrons. The molecular formula is C8H15O. The molecule has 0 aromatic heterocycles. The summed E-state index contributed by atoms with van der Waals surface area (Å²) in [6.45, 7) is 10.0. The lowest BCUT2D eigenvalue weighted by Crippen LogP contribution is -1.89. The topological polar surface area (TPSA) is 9.23 Å². The number of ether oxygens (including phenoxy) is 1. The van der Waals surface area contributed by atoms with E-state index in [1.807, 2.05) is 0 Å². The SMILES string of the molecule is [CH]CC[CH]OCCCC. The predicted molar refractivity (Wildman–Crippen MR) is 38.7 cm³/mol. The van der Waals surface area contributed by atoms with Gasteiger partial charge >= 0.3 is 0 Å². The average Bonchev–Trinajstić information content (AvgIpc) is 1.89. The fraction of sp³-hybridized carbons (Fsp3) is 0.750. The maximum absolute atomic E-state index is 5.23. The molecule has 0 unspecified atom stereocenters. The highest BCUT2D eigenvalue weighted by atomic mass is 16.5. The van der Waals surface area contributed by atoms with Crippen LogP contribution in [0.3, 0.4) is 0 Å². The lowest BCUT2D eigenvalue weighted by molar-refractivity contribution is 0.188. The quantitative estimate of drug-likeness (QED) is 0.498. The molecule has 0 spiro atoms. The lowest BCUT2D eigenvalue weighted by atomic mass is 10.3. The van der Waals surface area contributed by atoms with Crippen LogP contribution in [0.4, 0.5) is 0 Å². The molecule has 0 N–H and O–H groups in total. The zero-order valence-electron chi connectivity index (χ0n) is 6.10. The highest BCUT2D eigenvalue weighted by molar-refractivity contribution is 4.51. The average molecular weight is 127 g/mol. The highest BCUT2D eigenvalue weighted by Crippen LogP contribution is 1.95. The van der Waals surface area contributed by atoms with Crippen molar-refractivity contribution in [3.63, 3.8) is 0 Å². The molecule has 0 atom stereocenters. The van der Waals surface area contributed by atoms with Crippen molar-refractivity contribution in [2.24, 2.45) is 0 Å². The predicted octanol–water partition coefficient (Wildman–Crippen LogP) is 2.46. The molecule has 0 amide bonds. The third-order valence-electron chi connectivity index (χ3n) is 1.02. The van der Waals surface area contributed by atoms with Crippen LogP contribution in [0.5, 0.6) is 0 Å². The molecular weight excluding hydrogens is 112 g/mol. The smallest absolute Gasteiger partial charge is 0.0836 e. The summed E-state index contributed by atoms with van der Waals surface area (Å²) in [7, 11) is 0. The fourth-order valence-electron chi connectivity index (χ4n) is 0.462. The summed E-state index contributed by atoms with van der Waals surface area (Å²) in [4.78, 5) is 0. The highest BCUT2D eigenvalue weighted by Gasteiger charge is 1.85. The Morgan fingerprint density at radius 3 is 2.89 bits per heavy atom. The zero-order chi connectivity index (χ0) is 6.95. The number of rotatable bonds is 6. The fourth-order valence-corrected chi connectivity index (χ4v) is 0.462. The minimum absolute atomic E-state index is 0.687. The summed E-state index contributed by atoms with van der Waals surface area (Å²) in [5.41, 5.74) is 0. The zero-order valence-corrected chi connectivity index (χ0v) is 6.10. The third-order valence-corrected chi connectivity index (χ3v) is 1.02. The third kappa shape index (κ3) is 7.96. The van der Waals surface area contributed by atoms with Crippen molar-refractivity contribution in [2.75, 3.05) is 6.61 Å². The molecule has 0 saturated carbocycles. The van der Waals surface area contributed by atoms with Gasteiger partial charge in [0.05, 0.1) is 6.61 Å². The van der Waals surface area contributed by atoms with Crippen LogP contribution < -0.4 is 0 Å². The Bertz CT molecular complexity index is 37.8. The molecule has 0 rings (SSSR count). The largest absolute Gasteiger partial charge is 0.376 e. The van der Waals surface area contributed by atoms with E-state index in [2.05, 4.69) is 6.92 Å². The van der Waals surface area contributed by atoms with Gasteiger partial charge in [0, 0.05) is 6.61 Å². The molecule has 0 aliphatic heterocycles. The van der Waals surface area contributed by atoms with Gasteiger partial charge in [0.1, 0.15) is 0 Å². The van der Waals surface area contributed by atoms with E-state index in [0.29, 0.717) is 6.42 Å². The van der Waals surface area contributed by atoms with E-state index < -0.39 is 0 Å². The van der Waals surface area contributed by atoms with E-state index in [4.69, 9.17) is 11.7 Å². The van der Waals surface area contributed by atoms with E-state index in [9.17, 15) is 0 Å². The van der Waals surface area contributed by atoms with Crippen molar-refractivity contribution < 1.29 is 4.74 Å². The van der Waals surface area contributed by atoms with Gasteiger partial charge in [-0.15, -0.1) is 0 Å². The molecule has 0 heterocycles. The van der Waals surface area contributed by atoms with Gasteiger partial charge in [-0.25, -0.2) is 0 Å². The Labute approximate surface area is 58.4 Å². The molecule has 0 aromatic carbocycles. The van der Waals surface area contributed by atoms with Gasteiger partial charge < -0.3 is 4.74 Å². The summed E-state index contributed by atoms with van der Waals surface area (Å²) in [5, 5.41) is 0. The first-order chi connectivity index (χ1) is 4.41. The second kappa shape index (κ2) is 7.96. The number of hydrogen-bond acceptors (Lipinski definition) is 1. The molecule has 0 aliphatic carbocycles. The first-order valence-electron chi connectivity index (χ1n) is 3.55. The van der Waals surface area contributed by atoms with E-state index in [1.54, 1.807) is 6.61 Å². The van der Waals surface area contributed by atoms with Crippen LogP contribution in [-0.2, 0) is 4.74 Å². The van der Waals surface area contributed by atoms with Crippen molar-refractivity contribution in [3.05, 3.63) is 13.5 Å². The van der Waals surface area contributed by atoms with Gasteiger partial charge in [-0.05, 0) is 26.2 Å². The van der Waals surface area contributed by atoms with Crippen LogP contribution in [0, 0.1) is 13.5 Å². The minimum Gasteiger partial charge on any atom is -0.376 e. The Balaban J connectivity index is 2.60. The first-order valence-corrected chi connectivity index (χ1v) is 3.55. The Kier molecular flexibility index (Phi) is 7.92. The Morgan fingerprint density at radius 2 is 2.33 bits per heavy atom. The van der Waals surface area contributed by atoms with Gasteiger partial charge in [-0.1, -0.05) is 13.3 Å². The van der Waals surface area contributed by atoms with Crippen molar-refractivity contribution in [3.8, 4) is 0 Å². The molecule has 0 saturated heterocycles. The van der Waals surface area contributed by atoms with E-state index in [-0.39, 0.29) is 0 Å². The molecule has 1 heteroatoms. The van der Waals surface area contributed by atoms with E-state index in [0.717, 1.165) is 19.4 Å². The molecule has 9 heavy (non-hydrogen) atoms. The van der Waals surface area contributed by atoms with Gasteiger partial charge in [-0.3, -0.25) is 0 Å². The lowest BCUT2D eigenvalue weighted by Gasteiger charge is -1.98. The molecule has 3 radical (unpaired) electrons. The molecule has 0 bridgehead atoms. The van der Waals surface area contributed by atoms with Crippen LogP contribution >= 0.6 is 0 Å². The Morgan fingerprint density at radius 1 is 1.56 bits per heavy atom. The second-order valence-electron chi connectivity index (χ2n) is 1.97. The molecule has 0 aliphatic rings. The second-order valence-corrected chi connectivity index (χ2v) is 1.97. The van der Waals surface area contributed by atoms with Gasteiger partial charge in [0.15, 0.2) is 0 Å². The van der Waals surface area contributed by atoms with E-state index >= 15 is 0 Å². The van der Waals surface area contributed by atoms with E-state index in [1.165, 1.54) is 6.42 Å². The molecule has 1 nitrogen and oxygen atoms in total. The summed E-state index contributed by atoms with van der Waals surface area (Å²) in [5.74, 6) is 0. The van der Waals surface area contributed by atoms with Crippen molar-refractivity contribution in [1.82, 2.24) is 0 Å². The standard InChI is InChI=1S/C8H15O/c1-3-5-7-9-8-6-4-2/h1,7H,3-6,8H2,2H3. The summed E-state index contributed by atoms with van der Waals surface area (Å²) in [6.07, 6.45) is 3.88. The van der Waals surface area contributed by atoms with Crippen molar-refractivity contribution >= 4 is 0 Å². The minimum atomic E-state index is 0.687. The monoisotopic (exact) mass is 127 g/mol. The number of unbranched alkanes of at least 4 members (excludes halogenated alkanes) is 2. The molecule has 0 fully saturated rings. The van der Waals surface area contributed by atoms with Gasteiger partial charge in [0.2, 0.25) is 0 Å². The first kappa shape index (κ1) is 8.96. The van der Waals surface area contributed by atoms with Crippen LogP contribution in [0.2, 0.25) is 0 Å². The summed E-state index contributed by atoms with van der Waals surface area (Å²) in [6, 6.07) is 0. The maximum atomic E-state index is 5.23. The van der Waals surface area contributed by atoms with Crippen LogP contribution in [0.25, 0.3) is 0 Å². The van der Waals surface area contributed by atoms with Crippen LogP contribution in [0.15, 0.2) is 0 Å². The maximum Gasteiger partial charge on any atom is 0.0836 e.